The number of hydrogen-bond acceptors (Lipinski definition) is 0. The molecule has 0 nitrogen and oxygen atoms in total. The van der Waals surface area contributed by atoms with Crippen molar-refractivity contribution in [3.63, 3.8) is 0 Å². The summed E-state index contributed by atoms with van der Waals surface area (Å²) < 4.78 is 0. The normalized spacial score (nSPS) is 10.8. The minimum Gasteiger partial charge on any atom is -0.358 e. The van der Waals surface area contributed by atoms with Crippen molar-refractivity contribution in [3.8, 4) is 0 Å². The summed E-state index contributed by atoms with van der Waals surface area (Å²) in [5, 5.41) is 0. The molecule has 1 aliphatic rings. The summed E-state index contributed by atoms with van der Waals surface area (Å²) in [7, 11) is -0.873. The Balaban J connectivity index is 0. The second-order valence-electron chi connectivity index (χ2n) is 8.50. The summed E-state index contributed by atoms with van der Waals surface area (Å²) in [4.78, 5) is 0. The first-order valence-electron chi connectivity index (χ1n) is 10.6. The van der Waals surface area contributed by atoms with Crippen LogP contribution < -0.4 is 0 Å². The van der Waals surface area contributed by atoms with Gasteiger partial charge in [-0.25, -0.2) is 11.6 Å². The van der Waals surface area contributed by atoms with Crippen LogP contribution in [0.3, 0.4) is 0 Å². The van der Waals surface area contributed by atoms with Gasteiger partial charge in [-0.2, -0.15) is 79.9 Å². The molecule has 0 unspecified atom stereocenters. The average Bonchev–Trinajstić information content (AvgIpc) is 3.23. The Bertz CT molecular complexity index is 787. The van der Waals surface area contributed by atoms with Crippen molar-refractivity contribution < 1.29 is 21.7 Å². The summed E-state index contributed by atoms with van der Waals surface area (Å²) in [6, 6.07) is 30.9. The second kappa shape index (κ2) is 19.2. The number of benzene rings is 3. The van der Waals surface area contributed by atoms with E-state index in [0.29, 0.717) is 0 Å². The molecule has 0 bridgehead atoms. The van der Waals surface area contributed by atoms with Gasteiger partial charge in [0.15, 0.2) is 0 Å². The predicted molar refractivity (Wildman–Crippen MR) is 148 cm³/mol. The van der Waals surface area contributed by atoms with Crippen LogP contribution in [-0.2, 0) is 21.7 Å². The fourth-order valence-corrected chi connectivity index (χ4v) is 3.96. The molecule has 3 aromatic carbocycles. The number of rotatable bonds is 2. The van der Waals surface area contributed by atoms with Gasteiger partial charge < -0.3 is 7.43 Å². The standard InChI is InChI=1S/C9H15Si.3C7H7.CH3.Ti/c1-10(2,3)8-9-6-4-5-7-9;3*1-7-5-3-2-4-6-7;;/h4,6H,5,8H2,1-3H3;3*2-6H,1H2;1H3;/q5*-1;. The molecule has 4 rings (SSSR count). The molecule has 0 saturated carbocycles. The van der Waals surface area contributed by atoms with E-state index in [0.717, 1.165) is 23.1 Å². The second-order valence-corrected chi connectivity index (χ2v) is 14.0. The Hall–Kier alpha value is -2.32. The van der Waals surface area contributed by atoms with Gasteiger partial charge in [-0.1, -0.05) is 43.9 Å². The maximum absolute atomic E-state index is 3.72. The van der Waals surface area contributed by atoms with Crippen LogP contribution in [0.25, 0.3) is 0 Å². The van der Waals surface area contributed by atoms with Crippen molar-refractivity contribution >= 4 is 8.07 Å². The zero-order valence-electron chi connectivity index (χ0n) is 20.9. The SMILES string of the molecule is C[Si](C)(C)CC1=[C-]CC=C1.[CH2-]c1ccccc1.[CH2-]c1ccccc1.[CH2-]c1ccccc1.[CH3-].[Ti]. The molecule has 33 heavy (non-hydrogen) atoms. The number of allylic oxidation sites excluding steroid dienone is 4. The van der Waals surface area contributed by atoms with Crippen molar-refractivity contribution in [2.45, 2.75) is 32.1 Å². The molecule has 1 aliphatic carbocycles. The average molecular weight is 488 g/mol. The van der Waals surface area contributed by atoms with Crippen LogP contribution in [0.2, 0.25) is 25.7 Å². The van der Waals surface area contributed by atoms with Crippen LogP contribution in [0.1, 0.15) is 23.1 Å². The molecule has 0 aliphatic heterocycles. The van der Waals surface area contributed by atoms with Crippen molar-refractivity contribution in [2.75, 3.05) is 0 Å². The largest absolute Gasteiger partial charge is 0.358 e. The zero-order chi connectivity index (χ0) is 23.0. The molecule has 0 aromatic heterocycles. The first kappa shape index (κ1) is 32.9. The van der Waals surface area contributed by atoms with Crippen molar-refractivity contribution in [3.05, 3.63) is 160 Å². The first-order chi connectivity index (χ1) is 14.8. The Morgan fingerprint density at radius 1 is 0.667 bits per heavy atom. The summed E-state index contributed by atoms with van der Waals surface area (Å²) in [5.41, 5.74) is 4.66. The fraction of sp³-hybridized carbons (Fsp3) is 0.161. The molecular formula is C31H39SiTi-5. The molecule has 176 valence electrons. The minimum absolute atomic E-state index is 0. The fourth-order valence-electron chi connectivity index (χ4n) is 2.58. The van der Waals surface area contributed by atoms with Crippen LogP contribution in [-0.4, -0.2) is 8.07 Å². The molecule has 0 amide bonds. The van der Waals surface area contributed by atoms with Crippen molar-refractivity contribution in [2.24, 2.45) is 0 Å². The van der Waals surface area contributed by atoms with E-state index in [1.807, 2.05) is 91.0 Å². The van der Waals surface area contributed by atoms with E-state index in [9.17, 15) is 0 Å². The zero-order valence-corrected chi connectivity index (χ0v) is 23.4. The van der Waals surface area contributed by atoms with Crippen LogP contribution in [0.5, 0.6) is 0 Å². The Kier molecular flexibility index (Phi) is 19.1. The van der Waals surface area contributed by atoms with Gasteiger partial charge in [0.25, 0.3) is 0 Å². The summed E-state index contributed by atoms with van der Waals surface area (Å²) in [6.45, 7) is 18.4. The van der Waals surface area contributed by atoms with Gasteiger partial charge in [-0.3, -0.25) is 6.08 Å². The van der Waals surface area contributed by atoms with Gasteiger partial charge in [-0.15, -0.1) is 42.8 Å². The van der Waals surface area contributed by atoms with E-state index >= 15 is 0 Å². The summed E-state index contributed by atoms with van der Waals surface area (Å²) >= 11 is 0. The molecule has 0 fully saturated rings. The van der Waals surface area contributed by atoms with Gasteiger partial charge in [0.05, 0.1) is 0 Å². The quantitative estimate of drug-likeness (QED) is 0.250. The molecule has 0 heterocycles. The Morgan fingerprint density at radius 3 is 1.18 bits per heavy atom. The van der Waals surface area contributed by atoms with E-state index in [1.165, 1.54) is 11.6 Å². The third-order valence-corrected chi connectivity index (χ3v) is 5.46. The van der Waals surface area contributed by atoms with Gasteiger partial charge in [0.1, 0.15) is 0 Å². The van der Waals surface area contributed by atoms with Crippen LogP contribution >= 0.6 is 0 Å². The molecule has 0 spiro atoms. The Labute approximate surface area is 220 Å². The molecule has 3 aromatic rings. The van der Waals surface area contributed by atoms with Gasteiger partial charge in [0.2, 0.25) is 0 Å². The molecule has 0 saturated heterocycles. The van der Waals surface area contributed by atoms with E-state index in [4.69, 9.17) is 0 Å². The van der Waals surface area contributed by atoms with E-state index in [1.54, 1.807) is 0 Å². The number of hydrogen-bond donors (Lipinski definition) is 0. The van der Waals surface area contributed by atoms with Crippen LogP contribution in [0.15, 0.2) is 109 Å². The Morgan fingerprint density at radius 2 is 1.00 bits per heavy atom. The van der Waals surface area contributed by atoms with Crippen LogP contribution in [0, 0.1) is 34.3 Å². The minimum atomic E-state index is -0.873. The first-order valence-corrected chi connectivity index (χ1v) is 14.3. The molecule has 2 heteroatoms. The van der Waals surface area contributed by atoms with Crippen molar-refractivity contribution in [1.82, 2.24) is 0 Å². The van der Waals surface area contributed by atoms with Gasteiger partial charge in [-0.05, 0) is 0 Å². The van der Waals surface area contributed by atoms with Crippen molar-refractivity contribution in [1.29, 1.82) is 0 Å². The summed E-state index contributed by atoms with van der Waals surface area (Å²) in [6.07, 6.45) is 8.81. The molecule has 0 radical (unpaired) electrons. The van der Waals surface area contributed by atoms with Gasteiger partial charge in [0, 0.05) is 29.8 Å². The molecular weight excluding hydrogens is 448 g/mol. The van der Waals surface area contributed by atoms with E-state index in [2.05, 4.69) is 58.6 Å². The van der Waals surface area contributed by atoms with E-state index < -0.39 is 8.07 Å². The van der Waals surface area contributed by atoms with Crippen LogP contribution in [0.4, 0.5) is 0 Å². The maximum Gasteiger partial charge on any atom is 0.0456 e. The van der Waals surface area contributed by atoms with Gasteiger partial charge >= 0.3 is 0 Å². The topological polar surface area (TPSA) is 0 Å². The third-order valence-electron chi connectivity index (χ3n) is 4.02. The van der Waals surface area contributed by atoms with E-state index in [-0.39, 0.29) is 29.1 Å². The smallest absolute Gasteiger partial charge is 0.0456 e. The monoisotopic (exact) mass is 487 g/mol. The maximum atomic E-state index is 3.72. The third kappa shape index (κ3) is 20.0. The molecule has 0 N–H and O–H groups in total. The summed E-state index contributed by atoms with van der Waals surface area (Å²) in [5.74, 6) is 0. The molecule has 0 atom stereocenters. The predicted octanol–water partition coefficient (Wildman–Crippen LogP) is 9.07.